The fourth-order valence-electron chi connectivity index (χ4n) is 3.19. The van der Waals surface area contributed by atoms with Gasteiger partial charge in [-0.15, -0.1) is 0 Å². The highest BCUT2D eigenvalue weighted by Crippen LogP contribution is 2.26. The molecular weight excluding hydrogens is 338 g/mol. The third kappa shape index (κ3) is 4.74. The Hall–Kier alpha value is -2.12. The van der Waals surface area contributed by atoms with Gasteiger partial charge in [-0.1, -0.05) is 6.07 Å². The van der Waals surface area contributed by atoms with Gasteiger partial charge < -0.3 is 24.6 Å². The smallest absolute Gasteiger partial charge is 0.332 e. The number of hydrogen-bond donors (Lipinski definition) is 2. The van der Waals surface area contributed by atoms with Crippen molar-refractivity contribution in [1.29, 1.82) is 0 Å². The van der Waals surface area contributed by atoms with Crippen molar-refractivity contribution in [1.82, 2.24) is 0 Å². The normalized spacial score (nSPS) is 23.6. The molecule has 1 aromatic rings. The van der Waals surface area contributed by atoms with Crippen LogP contribution in [-0.2, 0) is 19.1 Å². The zero-order valence-electron chi connectivity index (χ0n) is 14.9. The molecule has 0 bridgehead atoms. The molecule has 7 nitrogen and oxygen atoms in total. The average molecular weight is 363 g/mol. The molecule has 2 saturated heterocycles. The number of aliphatic carboxylic acids is 1. The molecule has 2 aliphatic rings. The Labute approximate surface area is 152 Å². The summed E-state index contributed by atoms with van der Waals surface area (Å²) >= 11 is 0. The molecule has 0 spiro atoms. The van der Waals surface area contributed by atoms with Gasteiger partial charge in [0.15, 0.2) is 6.10 Å². The number of hydrogen-bond acceptors (Lipinski definition) is 5. The quantitative estimate of drug-likeness (QED) is 0.806. The highest BCUT2D eigenvalue weighted by atomic mass is 16.5. The standard InChI is InChI=1S/C19H25NO6/c1-12-2-3-14(10-17(12)25-11-13-6-8-24-9-7-13)20-18(21)15-4-5-16(26-15)19(22)23/h2-3,10,13,15-16H,4-9,11H2,1H3,(H,20,21)(H,22,23)/t15-,16+/m0/s1. The number of carboxylic acid groups (broad SMARTS) is 1. The van der Waals surface area contributed by atoms with Gasteiger partial charge in [0, 0.05) is 25.0 Å². The molecule has 0 saturated carbocycles. The predicted molar refractivity (Wildman–Crippen MR) is 94.4 cm³/mol. The largest absolute Gasteiger partial charge is 0.493 e. The number of amides is 1. The summed E-state index contributed by atoms with van der Waals surface area (Å²) in [6, 6.07) is 5.50. The first-order valence-corrected chi connectivity index (χ1v) is 9.03. The minimum atomic E-state index is -1.03. The number of carbonyl (C=O) groups excluding carboxylic acids is 1. The second kappa shape index (κ2) is 8.51. The van der Waals surface area contributed by atoms with Gasteiger partial charge in [-0.2, -0.15) is 0 Å². The van der Waals surface area contributed by atoms with Crippen molar-refractivity contribution in [2.75, 3.05) is 25.1 Å². The molecule has 0 unspecified atom stereocenters. The summed E-state index contributed by atoms with van der Waals surface area (Å²) in [7, 11) is 0. The van der Waals surface area contributed by atoms with E-state index >= 15 is 0 Å². The molecule has 2 heterocycles. The fourth-order valence-corrected chi connectivity index (χ4v) is 3.19. The van der Waals surface area contributed by atoms with Gasteiger partial charge in [-0.3, -0.25) is 4.79 Å². The lowest BCUT2D eigenvalue weighted by Gasteiger charge is -2.22. The molecule has 2 aliphatic heterocycles. The molecule has 2 atom stereocenters. The Bertz CT molecular complexity index is 655. The van der Waals surface area contributed by atoms with E-state index in [4.69, 9.17) is 19.3 Å². The average Bonchev–Trinajstić information content (AvgIpc) is 3.14. The molecule has 0 aliphatic carbocycles. The molecular formula is C19H25NO6. The highest BCUT2D eigenvalue weighted by Gasteiger charge is 2.34. The van der Waals surface area contributed by atoms with Crippen molar-refractivity contribution in [2.45, 2.75) is 44.8 Å². The fraction of sp³-hybridized carbons (Fsp3) is 0.579. The molecule has 0 radical (unpaired) electrons. The summed E-state index contributed by atoms with van der Waals surface area (Å²) in [5.41, 5.74) is 1.61. The van der Waals surface area contributed by atoms with Crippen LogP contribution in [0.2, 0.25) is 0 Å². The summed E-state index contributed by atoms with van der Waals surface area (Å²) in [6.45, 7) is 4.15. The van der Waals surface area contributed by atoms with Crippen molar-refractivity contribution in [3.63, 3.8) is 0 Å². The lowest BCUT2D eigenvalue weighted by atomic mass is 10.0. The minimum Gasteiger partial charge on any atom is -0.493 e. The Morgan fingerprint density at radius 1 is 1.19 bits per heavy atom. The van der Waals surface area contributed by atoms with E-state index < -0.39 is 18.2 Å². The molecule has 7 heteroatoms. The van der Waals surface area contributed by atoms with Gasteiger partial charge in [0.05, 0.1) is 6.61 Å². The Balaban J connectivity index is 1.56. The lowest BCUT2D eigenvalue weighted by molar-refractivity contribution is -0.150. The van der Waals surface area contributed by atoms with Crippen molar-refractivity contribution >= 4 is 17.6 Å². The van der Waals surface area contributed by atoms with Crippen LogP contribution in [0.4, 0.5) is 5.69 Å². The SMILES string of the molecule is Cc1ccc(NC(=O)[C@@H]2CC[C@H](C(=O)O)O2)cc1OCC1CCOCC1. The van der Waals surface area contributed by atoms with Crippen LogP contribution < -0.4 is 10.1 Å². The first-order chi connectivity index (χ1) is 12.5. The first kappa shape index (κ1) is 18.7. The van der Waals surface area contributed by atoms with E-state index in [1.807, 2.05) is 13.0 Å². The van der Waals surface area contributed by atoms with Crippen LogP contribution >= 0.6 is 0 Å². The summed E-state index contributed by atoms with van der Waals surface area (Å²) in [6.07, 6.45) is 1.12. The minimum absolute atomic E-state index is 0.326. The Kier molecular flexibility index (Phi) is 6.11. The Morgan fingerprint density at radius 3 is 2.62 bits per heavy atom. The van der Waals surface area contributed by atoms with Crippen LogP contribution in [0, 0.1) is 12.8 Å². The first-order valence-electron chi connectivity index (χ1n) is 9.03. The van der Waals surface area contributed by atoms with E-state index in [1.54, 1.807) is 12.1 Å². The molecule has 0 aromatic heterocycles. The zero-order chi connectivity index (χ0) is 18.5. The predicted octanol–water partition coefficient (Wildman–Crippen LogP) is 2.37. The van der Waals surface area contributed by atoms with Gasteiger partial charge in [0.25, 0.3) is 5.91 Å². The number of anilines is 1. The number of carboxylic acids is 1. The lowest BCUT2D eigenvalue weighted by Crippen LogP contribution is -2.30. The number of carbonyl (C=O) groups is 2. The van der Waals surface area contributed by atoms with Crippen LogP contribution in [0.1, 0.15) is 31.2 Å². The third-order valence-corrected chi connectivity index (χ3v) is 4.86. The van der Waals surface area contributed by atoms with Crippen LogP contribution in [0.15, 0.2) is 18.2 Å². The summed E-state index contributed by atoms with van der Waals surface area (Å²) in [5.74, 6) is -0.126. The van der Waals surface area contributed by atoms with Crippen LogP contribution in [0.25, 0.3) is 0 Å². The summed E-state index contributed by atoms with van der Waals surface area (Å²) in [5, 5.41) is 11.7. The monoisotopic (exact) mass is 363 g/mol. The summed E-state index contributed by atoms with van der Waals surface area (Å²) in [4.78, 5) is 23.2. The van der Waals surface area contributed by atoms with E-state index in [9.17, 15) is 9.59 Å². The topological polar surface area (TPSA) is 94.1 Å². The van der Waals surface area contributed by atoms with Gasteiger partial charge >= 0.3 is 5.97 Å². The van der Waals surface area contributed by atoms with Gasteiger partial charge in [0.1, 0.15) is 11.9 Å². The maximum atomic E-state index is 12.3. The maximum absolute atomic E-state index is 12.3. The molecule has 1 amide bonds. The van der Waals surface area contributed by atoms with E-state index in [2.05, 4.69) is 5.32 Å². The maximum Gasteiger partial charge on any atom is 0.332 e. The third-order valence-electron chi connectivity index (χ3n) is 4.86. The summed E-state index contributed by atoms with van der Waals surface area (Å²) < 4.78 is 16.6. The molecule has 142 valence electrons. The van der Waals surface area contributed by atoms with E-state index in [0.717, 1.165) is 37.4 Å². The highest BCUT2D eigenvalue weighted by molar-refractivity contribution is 5.95. The van der Waals surface area contributed by atoms with Crippen molar-refractivity contribution in [2.24, 2.45) is 5.92 Å². The Morgan fingerprint density at radius 2 is 1.92 bits per heavy atom. The second-order valence-electron chi connectivity index (χ2n) is 6.87. The van der Waals surface area contributed by atoms with Gasteiger partial charge in [-0.25, -0.2) is 4.79 Å². The molecule has 1 aromatic carbocycles. The number of nitrogens with one attached hydrogen (secondary N) is 1. The number of aryl methyl sites for hydroxylation is 1. The molecule has 2 N–H and O–H groups in total. The van der Waals surface area contributed by atoms with Crippen LogP contribution in [0.3, 0.4) is 0 Å². The molecule has 3 rings (SSSR count). The zero-order valence-corrected chi connectivity index (χ0v) is 14.9. The van der Waals surface area contributed by atoms with Crippen molar-refractivity contribution in [3.05, 3.63) is 23.8 Å². The number of ether oxygens (including phenoxy) is 3. The van der Waals surface area contributed by atoms with Crippen LogP contribution in [-0.4, -0.2) is 49.0 Å². The van der Waals surface area contributed by atoms with Crippen molar-refractivity contribution in [3.8, 4) is 5.75 Å². The molecule has 26 heavy (non-hydrogen) atoms. The van der Waals surface area contributed by atoms with E-state index in [-0.39, 0.29) is 5.91 Å². The van der Waals surface area contributed by atoms with Gasteiger partial charge in [0.2, 0.25) is 0 Å². The van der Waals surface area contributed by atoms with E-state index in [0.29, 0.717) is 31.1 Å². The number of rotatable bonds is 6. The van der Waals surface area contributed by atoms with Gasteiger partial charge in [-0.05, 0) is 50.2 Å². The van der Waals surface area contributed by atoms with Crippen molar-refractivity contribution < 1.29 is 28.9 Å². The number of benzene rings is 1. The van der Waals surface area contributed by atoms with Crippen LogP contribution in [0.5, 0.6) is 5.75 Å². The second-order valence-corrected chi connectivity index (χ2v) is 6.87. The molecule has 2 fully saturated rings. The van der Waals surface area contributed by atoms with E-state index in [1.165, 1.54) is 0 Å².